The molecular formula is C13H19N3O4S. The molecule has 0 aliphatic carbocycles. The normalized spacial score (nSPS) is 23.0. The van der Waals surface area contributed by atoms with Crippen molar-refractivity contribution in [1.29, 1.82) is 0 Å². The van der Waals surface area contributed by atoms with Gasteiger partial charge in [0.25, 0.3) is 0 Å². The number of sulfonamides is 1. The molecule has 1 aliphatic heterocycles. The van der Waals surface area contributed by atoms with Crippen LogP contribution in [0.15, 0.2) is 29.2 Å². The van der Waals surface area contributed by atoms with Crippen LogP contribution in [0.1, 0.15) is 6.42 Å². The van der Waals surface area contributed by atoms with Gasteiger partial charge in [-0.1, -0.05) is 12.1 Å². The number of nitrogens with one attached hydrogen (secondary N) is 1. The predicted octanol–water partition coefficient (Wildman–Crippen LogP) is -0.468. The second-order valence-electron chi connectivity index (χ2n) is 4.85. The van der Waals surface area contributed by atoms with Gasteiger partial charge in [-0.25, -0.2) is 8.42 Å². The first-order valence-corrected chi connectivity index (χ1v) is 7.98. The molecule has 8 heteroatoms. The third kappa shape index (κ3) is 2.87. The van der Waals surface area contributed by atoms with Crippen molar-refractivity contribution in [1.82, 2.24) is 9.62 Å². The maximum Gasteiger partial charge on any atom is 0.247 e. The molecule has 0 radical (unpaired) electrons. The number of nitrogens with two attached hydrogens (primary N) is 1. The highest BCUT2D eigenvalue weighted by molar-refractivity contribution is 7.89. The number of nitrogens with zero attached hydrogens (tertiary/aromatic N) is 1. The van der Waals surface area contributed by atoms with Gasteiger partial charge in [0.2, 0.25) is 15.9 Å². The quantitative estimate of drug-likeness (QED) is 0.782. The van der Waals surface area contributed by atoms with E-state index in [1.165, 1.54) is 20.2 Å². The second kappa shape index (κ2) is 6.00. The standard InChI is InChI=1S/C13H19N3O4S/c1-15-13(17)10-7-9(14)8-16(10)21(18,19)12-6-4-3-5-11(12)20-2/h3-6,9-10H,7-8,14H2,1-2H3,(H,15,17)/t9-,10-/m0/s1. The number of methoxy groups -OCH3 is 1. The minimum atomic E-state index is -3.85. The Hall–Kier alpha value is -1.64. The van der Waals surface area contributed by atoms with Crippen LogP contribution < -0.4 is 15.8 Å². The van der Waals surface area contributed by atoms with Gasteiger partial charge in [-0.2, -0.15) is 4.31 Å². The number of carbonyl (C=O) groups is 1. The summed E-state index contributed by atoms with van der Waals surface area (Å²) in [6, 6.07) is 5.16. The van der Waals surface area contributed by atoms with Gasteiger partial charge in [0.15, 0.2) is 0 Å². The fraction of sp³-hybridized carbons (Fsp3) is 0.462. The zero-order valence-corrected chi connectivity index (χ0v) is 12.8. The smallest absolute Gasteiger partial charge is 0.247 e. The van der Waals surface area contributed by atoms with E-state index in [1.807, 2.05) is 0 Å². The average Bonchev–Trinajstić information content (AvgIpc) is 2.89. The molecule has 0 saturated carbocycles. The summed E-state index contributed by atoms with van der Waals surface area (Å²) in [6.07, 6.45) is 0.300. The zero-order chi connectivity index (χ0) is 15.6. The number of carbonyl (C=O) groups excluding carboxylic acids is 1. The number of likely N-dealkylation sites (N-methyl/N-ethyl adjacent to an activating group) is 1. The zero-order valence-electron chi connectivity index (χ0n) is 11.9. The summed E-state index contributed by atoms with van der Waals surface area (Å²) in [4.78, 5) is 11.9. The maximum absolute atomic E-state index is 12.8. The Balaban J connectivity index is 2.45. The molecule has 3 N–H and O–H groups in total. The summed E-state index contributed by atoms with van der Waals surface area (Å²) in [5.74, 6) is -0.116. The third-order valence-corrected chi connectivity index (χ3v) is 5.41. The van der Waals surface area contributed by atoms with Crippen LogP contribution in [-0.4, -0.2) is 51.4 Å². The highest BCUT2D eigenvalue weighted by Crippen LogP contribution is 2.31. The van der Waals surface area contributed by atoms with Crippen LogP contribution in [0, 0.1) is 0 Å². The largest absolute Gasteiger partial charge is 0.495 e. The summed E-state index contributed by atoms with van der Waals surface area (Å²) in [7, 11) is -0.976. The topological polar surface area (TPSA) is 102 Å². The van der Waals surface area contributed by atoms with Crippen LogP contribution in [0.5, 0.6) is 5.75 Å². The van der Waals surface area contributed by atoms with Crippen molar-refractivity contribution in [2.24, 2.45) is 5.73 Å². The van der Waals surface area contributed by atoms with Gasteiger partial charge in [0.1, 0.15) is 16.7 Å². The van der Waals surface area contributed by atoms with Gasteiger partial charge in [-0.15, -0.1) is 0 Å². The Bertz CT molecular complexity index is 632. The first-order valence-electron chi connectivity index (χ1n) is 6.54. The van der Waals surface area contributed by atoms with Crippen LogP contribution in [0.3, 0.4) is 0 Å². The van der Waals surface area contributed by atoms with E-state index in [4.69, 9.17) is 10.5 Å². The van der Waals surface area contributed by atoms with Crippen molar-refractivity contribution in [2.75, 3.05) is 20.7 Å². The van der Waals surface area contributed by atoms with Crippen LogP contribution in [0.4, 0.5) is 0 Å². The average molecular weight is 313 g/mol. The molecule has 0 unspecified atom stereocenters. The summed E-state index contributed by atoms with van der Waals surface area (Å²) in [5.41, 5.74) is 5.84. The number of hydrogen-bond donors (Lipinski definition) is 2. The SMILES string of the molecule is CNC(=O)[C@@H]1C[C@H](N)CN1S(=O)(=O)c1ccccc1OC. The second-order valence-corrected chi connectivity index (χ2v) is 6.71. The van der Waals surface area contributed by atoms with Crippen molar-refractivity contribution in [3.63, 3.8) is 0 Å². The molecule has 1 heterocycles. The summed E-state index contributed by atoms with van der Waals surface area (Å²) >= 11 is 0. The molecule has 0 aromatic heterocycles. The first-order chi connectivity index (χ1) is 9.91. The molecule has 1 aromatic rings. The Morgan fingerprint density at radius 3 is 2.71 bits per heavy atom. The lowest BCUT2D eigenvalue weighted by Gasteiger charge is -2.23. The lowest BCUT2D eigenvalue weighted by molar-refractivity contribution is -0.123. The van der Waals surface area contributed by atoms with E-state index in [1.54, 1.807) is 18.2 Å². The molecule has 2 atom stereocenters. The van der Waals surface area contributed by atoms with Crippen LogP contribution in [0.25, 0.3) is 0 Å². The molecule has 21 heavy (non-hydrogen) atoms. The van der Waals surface area contributed by atoms with Gasteiger partial charge < -0.3 is 15.8 Å². The molecule has 0 bridgehead atoms. The lowest BCUT2D eigenvalue weighted by Crippen LogP contribution is -2.44. The van der Waals surface area contributed by atoms with Crippen molar-refractivity contribution in [3.8, 4) is 5.75 Å². The first kappa shape index (κ1) is 15.7. The Kier molecular flexibility index (Phi) is 4.50. The number of para-hydroxylation sites is 1. The lowest BCUT2D eigenvalue weighted by atomic mass is 10.2. The summed E-state index contributed by atoms with van der Waals surface area (Å²) < 4.78 is 31.9. The number of benzene rings is 1. The molecule has 1 amide bonds. The minimum absolute atomic E-state index is 0.0375. The Morgan fingerprint density at radius 2 is 2.10 bits per heavy atom. The molecule has 1 aliphatic rings. The van der Waals surface area contributed by atoms with Crippen molar-refractivity contribution in [2.45, 2.75) is 23.4 Å². The number of hydrogen-bond acceptors (Lipinski definition) is 5. The van der Waals surface area contributed by atoms with Gasteiger partial charge in [-0.3, -0.25) is 4.79 Å². The molecular weight excluding hydrogens is 294 g/mol. The number of amides is 1. The Morgan fingerprint density at radius 1 is 1.43 bits per heavy atom. The van der Waals surface area contributed by atoms with E-state index in [2.05, 4.69) is 5.32 Å². The molecule has 2 rings (SSSR count). The van der Waals surface area contributed by atoms with E-state index in [0.29, 0.717) is 6.42 Å². The molecule has 0 spiro atoms. The van der Waals surface area contributed by atoms with Gasteiger partial charge >= 0.3 is 0 Å². The molecule has 116 valence electrons. The van der Waals surface area contributed by atoms with Gasteiger partial charge in [0.05, 0.1) is 7.11 Å². The highest BCUT2D eigenvalue weighted by Gasteiger charge is 2.43. The van der Waals surface area contributed by atoms with Crippen LogP contribution in [-0.2, 0) is 14.8 Å². The highest BCUT2D eigenvalue weighted by atomic mass is 32.2. The van der Waals surface area contributed by atoms with E-state index in [0.717, 1.165) is 4.31 Å². The summed E-state index contributed by atoms with van der Waals surface area (Å²) in [5, 5.41) is 2.48. The van der Waals surface area contributed by atoms with Crippen molar-refractivity contribution in [3.05, 3.63) is 24.3 Å². The van der Waals surface area contributed by atoms with E-state index in [-0.39, 0.29) is 29.1 Å². The number of ether oxygens (including phenoxy) is 1. The maximum atomic E-state index is 12.8. The van der Waals surface area contributed by atoms with Crippen molar-refractivity contribution < 1.29 is 17.9 Å². The minimum Gasteiger partial charge on any atom is -0.495 e. The van der Waals surface area contributed by atoms with Crippen LogP contribution >= 0.6 is 0 Å². The molecule has 1 aromatic carbocycles. The molecule has 1 saturated heterocycles. The van der Waals surface area contributed by atoms with Gasteiger partial charge in [0, 0.05) is 19.6 Å². The Labute approximate surface area is 124 Å². The van der Waals surface area contributed by atoms with Crippen LogP contribution in [0.2, 0.25) is 0 Å². The molecule has 7 nitrogen and oxygen atoms in total. The van der Waals surface area contributed by atoms with E-state index in [9.17, 15) is 13.2 Å². The van der Waals surface area contributed by atoms with Crippen molar-refractivity contribution >= 4 is 15.9 Å². The monoisotopic (exact) mass is 313 g/mol. The summed E-state index contributed by atoms with van der Waals surface area (Å²) in [6.45, 7) is 0.110. The third-order valence-electron chi connectivity index (χ3n) is 3.49. The molecule has 1 fully saturated rings. The predicted molar refractivity (Wildman–Crippen MR) is 77.3 cm³/mol. The number of rotatable bonds is 4. The van der Waals surface area contributed by atoms with E-state index >= 15 is 0 Å². The van der Waals surface area contributed by atoms with E-state index < -0.39 is 16.1 Å². The fourth-order valence-electron chi connectivity index (χ4n) is 2.47. The van der Waals surface area contributed by atoms with Gasteiger partial charge in [-0.05, 0) is 18.6 Å². The fourth-order valence-corrected chi connectivity index (χ4v) is 4.28.